The molecule has 0 aromatic heterocycles. The van der Waals surface area contributed by atoms with Crippen molar-refractivity contribution in [3.63, 3.8) is 0 Å². The van der Waals surface area contributed by atoms with E-state index in [0.717, 1.165) is 12.0 Å². The van der Waals surface area contributed by atoms with Crippen molar-refractivity contribution in [3.05, 3.63) is 35.4 Å². The quantitative estimate of drug-likeness (QED) is 0.844. The lowest BCUT2D eigenvalue weighted by molar-refractivity contribution is -0.121. The van der Waals surface area contributed by atoms with Gasteiger partial charge in [0.05, 0.1) is 6.42 Å². The summed E-state index contributed by atoms with van der Waals surface area (Å²) < 4.78 is 0. The Morgan fingerprint density at radius 1 is 1.18 bits per heavy atom. The maximum absolute atomic E-state index is 12.2. The van der Waals surface area contributed by atoms with Crippen molar-refractivity contribution in [2.75, 3.05) is 6.54 Å². The van der Waals surface area contributed by atoms with Gasteiger partial charge >= 0.3 is 0 Å². The highest BCUT2D eigenvalue weighted by Crippen LogP contribution is 2.26. The summed E-state index contributed by atoms with van der Waals surface area (Å²) in [6.45, 7) is 2.68. The molecule has 3 N–H and O–H groups in total. The van der Waals surface area contributed by atoms with E-state index < -0.39 is 0 Å². The first-order valence-corrected chi connectivity index (χ1v) is 8.30. The third-order valence-corrected chi connectivity index (χ3v) is 4.62. The largest absolute Gasteiger partial charge is 0.352 e. The molecule has 1 unspecified atom stereocenters. The van der Waals surface area contributed by atoms with Gasteiger partial charge in [-0.2, -0.15) is 0 Å². The number of rotatable bonds is 6. The topological polar surface area (TPSA) is 55.1 Å². The van der Waals surface area contributed by atoms with E-state index in [1.54, 1.807) is 0 Å². The zero-order valence-corrected chi connectivity index (χ0v) is 14.3. The van der Waals surface area contributed by atoms with Gasteiger partial charge in [0.15, 0.2) is 0 Å². The van der Waals surface area contributed by atoms with E-state index in [2.05, 4.69) is 36.5 Å². The number of hydrogen-bond donors (Lipinski definition) is 2. The SMILES string of the molecule is CCc1ccc(CC(=O)NC(CN)C2CCCCC2)cc1.Cl. The van der Waals surface area contributed by atoms with Gasteiger partial charge in [0.25, 0.3) is 0 Å². The van der Waals surface area contributed by atoms with Crippen molar-refractivity contribution in [2.24, 2.45) is 11.7 Å². The first-order chi connectivity index (χ1) is 10.2. The Labute approximate surface area is 140 Å². The molecule has 1 atom stereocenters. The molecular formula is C18H29ClN2O. The highest BCUT2D eigenvalue weighted by Gasteiger charge is 2.23. The minimum absolute atomic E-state index is 0. The Bertz CT molecular complexity index is 441. The average Bonchev–Trinajstić information content (AvgIpc) is 2.54. The minimum Gasteiger partial charge on any atom is -0.352 e. The second kappa shape index (κ2) is 9.86. The fourth-order valence-electron chi connectivity index (χ4n) is 3.24. The highest BCUT2D eigenvalue weighted by molar-refractivity contribution is 5.85. The molecule has 0 bridgehead atoms. The third kappa shape index (κ3) is 5.62. The second-order valence-corrected chi connectivity index (χ2v) is 6.15. The van der Waals surface area contributed by atoms with Crippen molar-refractivity contribution in [2.45, 2.75) is 57.9 Å². The molecule has 1 amide bonds. The van der Waals surface area contributed by atoms with Crippen LogP contribution in [0.2, 0.25) is 0 Å². The fourth-order valence-corrected chi connectivity index (χ4v) is 3.24. The first-order valence-electron chi connectivity index (χ1n) is 8.30. The minimum atomic E-state index is 0. The molecule has 0 radical (unpaired) electrons. The van der Waals surface area contributed by atoms with Gasteiger partial charge in [0.2, 0.25) is 5.91 Å². The smallest absolute Gasteiger partial charge is 0.224 e. The lowest BCUT2D eigenvalue weighted by atomic mass is 9.84. The van der Waals surface area contributed by atoms with Crippen LogP contribution in [-0.4, -0.2) is 18.5 Å². The van der Waals surface area contributed by atoms with Crippen molar-refractivity contribution < 1.29 is 4.79 Å². The van der Waals surface area contributed by atoms with Crippen molar-refractivity contribution in [3.8, 4) is 0 Å². The second-order valence-electron chi connectivity index (χ2n) is 6.15. The van der Waals surface area contributed by atoms with E-state index in [0.29, 0.717) is 18.9 Å². The summed E-state index contributed by atoms with van der Waals surface area (Å²) in [5.41, 5.74) is 8.25. The van der Waals surface area contributed by atoms with Gasteiger partial charge in [-0.25, -0.2) is 0 Å². The van der Waals surface area contributed by atoms with Crippen LogP contribution >= 0.6 is 12.4 Å². The van der Waals surface area contributed by atoms with Crippen molar-refractivity contribution >= 4 is 18.3 Å². The zero-order chi connectivity index (χ0) is 15.1. The van der Waals surface area contributed by atoms with Crippen LogP contribution in [0.4, 0.5) is 0 Å². The zero-order valence-electron chi connectivity index (χ0n) is 13.5. The van der Waals surface area contributed by atoms with Crippen LogP contribution in [-0.2, 0) is 17.6 Å². The fraction of sp³-hybridized carbons (Fsp3) is 0.611. The number of halogens is 1. The lowest BCUT2D eigenvalue weighted by Crippen LogP contribution is -2.46. The van der Waals surface area contributed by atoms with Gasteiger partial charge < -0.3 is 11.1 Å². The van der Waals surface area contributed by atoms with Gasteiger partial charge in [-0.05, 0) is 36.3 Å². The molecule has 1 aromatic rings. The summed E-state index contributed by atoms with van der Waals surface area (Å²) in [6, 6.07) is 8.45. The Balaban J connectivity index is 0.00000242. The molecule has 0 aliphatic heterocycles. The Hall–Kier alpha value is -1.06. The van der Waals surface area contributed by atoms with Crippen molar-refractivity contribution in [1.29, 1.82) is 0 Å². The van der Waals surface area contributed by atoms with E-state index in [1.807, 2.05) is 0 Å². The summed E-state index contributed by atoms with van der Waals surface area (Å²) in [6.07, 6.45) is 7.76. The predicted octanol–water partition coefficient (Wildman–Crippen LogP) is 3.24. The number of benzene rings is 1. The Kier molecular flexibility index (Phi) is 8.51. The summed E-state index contributed by atoms with van der Waals surface area (Å²) in [5.74, 6) is 0.662. The monoisotopic (exact) mass is 324 g/mol. The van der Waals surface area contributed by atoms with E-state index >= 15 is 0 Å². The molecule has 4 heteroatoms. The normalized spacial score (nSPS) is 16.6. The lowest BCUT2D eigenvalue weighted by Gasteiger charge is -2.30. The van der Waals surface area contributed by atoms with E-state index in [4.69, 9.17) is 5.73 Å². The van der Waals surface area contributed by atoms with Gasteiger partial charge in [-0.15, -0.1) is 12.4 Å². The van der Waals surface area contributed by atoms with E-state index in [1.165, 1.54) is 37.7 Å². The first kappa shape index (κ1) is 19.0. The maximum atomic E-state index is 12.2. The summed E-state index contributed by atoms with van der Waals surface area (Å²) in [4.78, 5) is 12.2. The molecule has 1 aromatic carbocycles. The third-order valence-electron chi connectivity index (χ3n) is 4.62. The van der Waals surface area contributed by atoms with Crippen LogP contribution in [0.3, 0.4) is 0 Å². The summed E-state index contributed by atoms with van der Waals surface area (Å²) >= 11 is 0. The maximum Gasteiger partial charge on any atom is 0.224 e. The van der Waals surface area contributed by atoms with Crippen LogP contribution in [0.15, 0.2) is 24.3 Å². The summed E-state index contributed by atoms with van der Waals surface area (Å²) in [7, 11) is 0. The molecule has 2 rings (SSSR count). The van der Waals surface area contributed by atoms with Gasteiger partial charge in [-0.3, -0.25) is 4.79 Å². The van der Waals surface area contributed by atoms with E-state index in [9.17, 15) is 4.79 Å². The number of nitrogens with one attached hydrogen (secondary N) is 1. The van der Waals surface area contributed by atoms with Crippen LogP contribution in [0, 0.1) is 5.92 Å². The number of aryl methyl sites for hydroxylation is 1. The molecule has 1 aliphatic rings. The molecule has 0 spiro atoms. The molecule has 124 valence electrons. The van der Waals surface area contributed by atoms with Gasteiger partial charge in [0.1, 0.15) is 0 Å². The molecule has 0 saturated heterocycles. The molecule has 3 nitrogen and oxygen atoms in total. The van der Waals surface area contributed by atoms with Crippen LogP contribution in [0.1, 0.15) is 50.2 Å². The van der Waals surface area contributed by atoms with Crippen molar-refractivity contribution in [1.82, 2.24) is 5.32 Å². The number of nitrogens with two attached hydrogens (primary N) is 1. The Morgan fingerprint density at radius 3 is 2.32 bits per heavy atom. The van der Waals surface area contributed by atoms with E-state index in [-0.39, 0.29) is 24.4 Å². The van der Waals surface area contributed by atoms with Crippen LogP contribution in [0.25, 0.3) is 0 Å². The van der Waals surface area contributed by atoms with Gasteiger partial charge in [0, 0.05) is 12.6 Å². The number of carbonyl (C=O) groups is 1. The van der Waals surface area contributed by atoms with Crippen LogP contribution < -0.4 is 11.1 Å². The number of carbonyl (C=O) groups excluding carboxylic acids is 1. The Morgan fingerprint density at radius 2 is 1.77 bits per heavy atom. The number of hydrogen-bond acceptors (Lipinski definition) is 2. The molecule has 1 aliphatic carbocycles. The molecule has 1 fully saturated rings. The highest BCUT2D eigenvalue weighted by atomic mass is 35.5. The summed E-state index contributed by atoms with van der Waals surface area (Å²) in [5, 5.41) is 3.15. The average molecular weight is 325 g/mol. The molecule has 0 heterocycles. The number of amides is 1. The molecule has 1 saturated carbocycles. The van der Waals surface area contributed by atoms with Crippen LogP contribution in [0.5, 0.6) is 0 Å². The standard InChI is InChI=1S/C18H28N2O.ClH/c1-2-14-8-10-15(11-9-14)12-18(21)20-17(13-19)16-6-4-3-5-7-16;/h8-11,16-17H,2-7,12-13,19H2,1H3,(H,20,21);1H. The predicted molar refractivity (Wildman–Crippen MR) is 94.3 cm³/mol. The van der Waals surface area contributed by atoms with Gasteiger partial charge in [-0.1, -0.05) is 50.5 Å². The molecule has 22 heavy (non-hydrogen) atoms. The molecular weight excluding hydrogens is 296 g/mol.